The monoisotopic (exact) mass is 128 g/mol. The normalized spacial score (nSPS) is 31.0. The predicted octanol–water partition coefficient (Wildman–Crippen LogP) is 2.36. The summed E-state index contributed by atoms with van der Waals surface area (Å²) in [4.78, 5) is 0. The quantitative estimate of drug-likeness (QED) is 0.486. The summed E-state index contributed by atoms with van der Waals surface area (Å²) in [5.74, 6) is 0. The molecule has 0 bridgehead atoms. The minimum absolute atomic E-state index is 0.519. The molecule has 1 heterocycles. The maximum Gasteiger partial charge on any atom is 0.0547 e. The van der Waals surface area contributed by atoms with Crippen molar-refractivity contribution in [2.24, 2.45) is 0 Å². The largest absolute Gasteiger partial charge is 0.379 e. The molecule has 54 valence electrons. The summed E-state index contributed by atoms with van der Waals surface area (Å²) in [6.07, 6.45) is 7.19. The van der Waals surface area contributed by atoms with Gasteiger partial charge >= 0.3 is 0 Å². The number of hydrogen-bond acceptors (Lipinski definition) is 1. The summed E-state index contributed by atoms with van der Waals surface area (Å²) < 4.78 is 5.48. The molecule has 9 heavy (non-hydrogen) atoms. The number of hydrogen-bond donors (Lipinski definition) is 0. The maximum absolute atomic E-state index is 5.48. The smallest absolute Gasteiger partial charge is 0.0547 e. The van der Waals surface area contributed by atoms with E-state index in [1.807, 2.05) is 0 Å². The van der Waals surface area contributed by atoms with E-state index in [9.17, 15) is 0 Å². The predicted molar refractivity (Wildman–Crippen MR) is 38.5 cm³/mol. The summed E-state index contributed by atoms with van der Waals surface area (Å²) in [5, 5.41) is 0. The minimum atomic E-state index is 0.519. The third kappa shape index (κ3) is 2.85. The first-order valence-corrected chi connectivity index (χ1v) is 4.01. The van der Waals surface area contributed by atoms with Crippen LogP contribution in [0.5, 0.6) is 0 Å². The van der Waals surface area contributed by atoms with Gasteiger partial charge in [-0.2, -0.15) is 0 Å². The third-order valence-electron chi connectivity index (χ3n) is 1.91. The average molecular weight is 128 g/mol. The van der Waals surface area contributed by atoms with Gasteiger partial charge in [0.15, 0.2) is 0 Å². The summed E-state index contributed by atoms with van der Waals surface area (Å²) in [7, 11) is 0. The van der Waals surface area contributed by atoms with Crippen LogP contribution in [0, 0.1) is 0 Å². The molecule has 0 aromatic rings. The Labute approximate surface area is 57.4 Å². The van der Waals surface area contributed by atoms with E-state index in [1.54, 1.807) is 0 Å². The number of ether oxygens (including phenoxy) is 1. The highest BCUT2D eigenvalue weighted by Crippen LogP contribution is 2.12. The molecule has 1 fully saturated rings. The van der Waals surface area contributed by atoms with E-state index >= 15 is 0 Å². The van der Waals surface area contributed by atoms with Gasteiger partial charge in [-0.15, -0.1) is 0 Å². The fourth-order valence-corrected chi connectivity index (χ4v) is 1.26. The third-order valence-corrected chi connectivity index (χ3v) is 1.91. The van der Waals surface area contributed by atoms with E-state index in [4.69, 9.17) is 4.74 Å². The molecule has 0 aliphatic carbocycles. The molecule has 1 heteroatoms. The van der Waals surface area contributed by atoms with Gasteiger partial charge in [-0.1, -0.05) is 19.3 Å². The molecule has 1 nitrogen and oxygen atoms in total. The molecule has 0 spiro atoms. The van der Waals surface area contributed by atoms with Crippen molar-refractivity contribution in [3.8, 4) is 0 Å². The standard InChI is InChI=1S/C8H16O/c1-8-6-4-2-3-5-7-9-8/h8H,2-7H2,1H3. The molecular weight excluding hydrogens is 112 g/mol. The van der Waals surface area contributed by atoms with Crippen LogP contribution >= 0.6 is 0 Å². The summed E-state index contributed by atoms with van der Waals surface area (Å²) >= 11 is 0. The Bertz CT molecular complexity index is 63.0. The topological polar surface area (TPSA) is 9.23 Å². The van der Waals surface area contributed by atoms with Gasteiger partial charge in [-0.3, -0.25) is 0 Å². The highest BCUT2D eigenvalue weighted by atomic mass is 16.5. The molecule has 0 aromatic heterocycles. The van der Waals surface area contributed by atoms with E-state index in [2.05, 4.69) is 6.92 Å². The van der Waals surface area contributed by atoms with Gasteiger partial charge in [0.1, 0.15) is 0 Å². The zero-order chi connectivity index (χ0) is 6.53. The van der Waals surface area contributed by atoms with Crippen molar-refractivity contribution in [1.29, 1.82) is 0 Å². The SMILES string of the molecule is CC1CCCCCCO1. The lowest BCUT2D eigenvalue weighted by Crippen LogP contribution is -2.11. The summed E-state index contributed by atoms with van der Waals surface area (Å²) in [6, 6.07) is 0. The van der Waals surface area contributed by atoms with E-state index < -0.39 is 0 Å². The van der Waals surface area contributed by atoms with Crippen LogP contribution in [0.15, 0.2) is 0 Å². The minimum Gasteiger partial charge on any atom is -0.379 e. The van der Waals surface area contributed by atoms with Crippen LogP contribution in [-0.4, -0.2) is 12.7 Å². The Morgan fingerprint density at radius 2 is 1.89 bits per heavy atom. The van der Waals surface area contributed by atoms with Gasteiger partial charge in [-0.05, 0) is 19.8 Å². The van der Waals surface area contributed by atoms with Crippen molar-refractivity contribution in [2.45, 2.75) is 45.1 Å². The van der Waals surface area contributed by atoms with Crippen LogP contribution in [0.2, 0.25) is 0 Å². The summed E-state index contributed by atoms with van der Waals surface area (Å²) in [5.41, 5.74) is 0. The molecule has 1 unspecified atom stereocenters. The molecule has 1 aliphatic rings. The fourth-order valence-electron chi connectivity index (χ4n) is 1.26. The molecule has 0 aromatic carbocycles. The van der Waals surface area contributed by atoms with Crippen LogP contribution in [0.1, 0.15) is 39.0 Å². The lowest BCUT2D eigenvalue weighted by molar-refractivity contribution is 0.0480. The molecular formula is C8H16O. The first-order chi connectivity index (χ1) is 4.39. The summed E-state index contributed by atoms with van der Waals surface area (Å²) in [6.45, 7) is 3.16. The van der Waals surface area contributed by atoms with Gasteiger partial charge in [0, 0.05) is 6.61 Å². The van der Waals surface area contributed by atoms with Crippen LogP contribution in [0.3, 0.4) is 0 Å². The highest BCUT2D eigenvalue weighted by Gasteiger charge is 2.04. The van der Waals surface area contributed by atoms with Crippen molar-refractivity contribution < 1.29 is 4.74 Å². The van der Waals surface area contributed by atoms with Gasteiger partial charge in [0.25, 0.3) is 0 Å². The Morgan fingerprint density at radius 3 is 2.78 bits per heavy atom. The zero-order valence-corrected chi connectivity index (χ0v) is 6.23. The highest BCUT2D eigenvalue weighted by molar-refractivity contribution is 4.55. The molecule has 1 aliphatic heterocycles. The van der Waals surface area contributed by atoms with Crippen LogP contribution < -0.4 is 0 Å². The van der Waals surface area contributed by atoms with Crippen molar-refractivity contribution in [3.63, 3.8) is 0 Å². The van der Waals surface area contributed by atoms with Crippen LogP contribution in [0.4, 0.5) is 0 Å². The molecule has 1 saturated heterocycles. The van der Waals surface area contributed by atoms with Crippen LogP contribution in [-0.2, 0) is 4.74 Å². The lowest BCUT2D eigenvalue weighted by Gasteiger charge is -2.15. The van der Waals surface area contributed by atoms with Gasteiger partial charge in [-0.25, -0.2) is 0 Å². The van der Waals surface area contributed by atoms with E-state index in [0.717, 1.165) is 6.61 Å². The van der Waals surface area contributed by atoms with Crippen molar-refractivity contribution in [1.82, 2.24) is 0 Å². The van der Waals surface area contributed by atoms with Crippen molar-refractivity contribution in [2.75, 3.05) is 6.61 Å². The van der Waals surface area contributed by atoms with Gasteiger partial charge < -0.3 is 4.74 Å². The molecule has 0 amide bonds. The zero-order valence-electron chi connectivity index (χ0n) is 6.23. The number of rotatable bonds is 0. The Hall–Kier alpha value is -0.0400. The first kappa shape index (κ1) is 7.07. The molecule has 1 rings (SSSR count). The van der Waals surface area contributed by atoms with Gasteiger partial charge in [0.05, 0.1) is 6.10 Å². The molecule has 1 atom stereocenters. The Morgan fingerprint density at radius 1 is 1.11 bits per heavy atom. The fraction of sp³-hybridized carbons (Fsp3) is 1.00. The Kier molecular flexibility index (Phi) is 3.05. The molecule has 0 saturated carbocycles. The second kappa shape index (κ2) is 3.89. The van der Waals surface area contributed by atoms with Gasteiger partial charge in [0.2, 0.25) is 0 Å². The second-order valence-corrected chi connectivity index (χ2v) is 2.88. The van der Waals surface area contributed by atoms with Crippen molar-refractivity contribution >= 4 is 0 Å². The van der Waals surface area contributed by atoms with E-state index in [1.165, 1.54) is 32.1 Å². The van der Waals surface area contributed by atoms with E-state index in [0.29, 0.717) is 6.10 Å². The first-order valence-electron chi connectivity index (χ1n) is 4.01. The van der Waals surface area contributed by atoms with E-state index in [-0.39, 0.29) is 0 Å². The molecule has 0 radical (unpaired) electrons. The van der Waals surface area contributed by atoms with Crippen molar-refractivity contribution in [3.05, 3.63) is 0 Å². The second-order valence-electron chi connectivity index (χ2n) is 2.88. The Balaban J connectivity index is 2.12. The lowest BCUT2D eigenvalue weighted by atomic mass is 10.1. The molecule has 0 N–H and O–H groups in total. The average Bonchev–Trinajstić information content (AvgIpc) is 1.79. The maximum atomic E-state index is 5.48. The van der Waals surface area contributed by atoms with Crippen LogP contribution in [0.25, 0.3) is 0 Å².